The van der Waals surface area contributed by atoms with E-state index in [9.17, 15) is 8.42 Å². The summed E-state index contributed by atoms with van der Waals surface area (Å²) >= 11 is 0. The van der Waals surface area contributed by atoms with E-state index in [4.69, 9.17) is 0 Å². The van der Waals surface area contributed by atoms with Crippen LogP contribution in [0.15, 0.2) is 54.6 Å². The van der Waals surface area contributed by atoms with Crippen molar-refractivity contribution in [3.8, 4) is 11.1 Å². The van der Waals surface area contributed by atoms with Crippen LogP contribution in [0, 0.1) is 0 Å². The number of sulfone groups is 1. The zero-order valence-electron chi connectivity index (χ0n) is 11.1. The monoisotopic (exact) mass is 287 g/mol. The summed E-state index contributed by atoms with van der Waals surface area (Å²) in [6.45, 7) is 0. The van der Waals surface area contributed by atoms with Crippen molar-refractivity contribution in [1.29, 1.82) is 0 Å². The van der Waals surface area contributed by atoms with E-state index in [1.807, 2.05) is 30.3 Å². The Kier molecular flexibility index (Phi) is 3.49. The molecular formula is C16H17NO2S. The summed E-state index contributed by atoms with van der Waals surface area (Å²) < 4.78 is 22.9. The van der Waals surface area contributed by atoms with Gasteiger partial charge in [0.15, 0.2) is 9.84 Å². The lowest BCUT2D eigenvalue weighted by molar-refractivity contribution is 0.602. The molecule has 3 nitrogen and oxygen atoms in total. The second-order valence-corrected chi connectivity index (χ2v) is 7.42. The second-order valence-electron chi connectivity index (χ2n) is 5.19. The van der Waals surface area contributed by atoms with Crippen LogP contribution in [-0.4, -0.2) is 26.0 Å². The fourth-order valence-electron chi connectivity index (χ4n) is 2.53. The molecular weight excluding hydrogens is 270 g/mol. The van der Waals surface area contributed by atoms with Gasteiger partial charge in [0.2, 0.25) is 0 Å². The zero-order valence-corrected chi connectivity index (χ0v) is 11.9. The van der Waals surface area contributed by atoms with Gasteiger partial charge < -0.3 is 5.32 Å². The zero-order chi connectivity index (χ0) is 14.0. The summed E-state index contributed by atoms with van der Waals surface area (Å²) in [5.74, 6) is 0.542. The van der Waals surface area contributed by atoms with Crippen molar-refractivity contribution in [2.75, 3.05) is 16.8 Å². The molecule has 0 spiro atoms. The summed E-state index contributed by atoms with van der Waals surface area (Å²) in [5, 5.41) is 3.30. The third-order valence-corrected chi connectivity index (χ3v) is 5.36. The molecule has 1 aliphatic rings. The smallest absolute Gasteiger partial charge is 0.152 e. The lowest BCUT2D eigenvalue weighted by Crippen LogP contribution is -2.20. The molecule has 3 rings (SSSR count). The standard InChI is InChI=1S/C16H17NO2S/c18-20(19)11-10-16(12-20)17-15-8-6-14(7-9-15)13-4-2-1-3-5-13/h1-9,16-17H,10-12H2. The van der Waals surface area contributed by atoms with Crippen molar-refractivity contribution in [1.82, 2.24) is 0 Å². The number of hydrogen-bond acceptors (Lipinski definition) is 3. The fourth-order valence-corrected chi connectivity index (χ4v) is 4.21. The van der Waals surface area contributed by atoms with E-state index < -0.39 is 9.84 Å². The molecule has 1 aliphatic heterocycles. The molecule has 0 aliphatic carbocycles. The average molecular weight is 287 g/mol. The molecule has 1 fully saturated rings. The predicted molar refractivity (Wildman–Crippen MR) is 82.6 cm³/mol. The first kappa shape index (κ1) is 13.2. The van der Waals surface area contributed by atoms with Crippen LogP contribution in [0.25, 0.3) is 11.1 Å². The number of nitrogens with one attached hydrogen (secondary N) is 1. The van der Waals surface area contributed by atoms with Crippen LogP contribution in [0.3, 0.4) is 0 Å². The molecule has 104 valence electrons. The van der Waals surface area contributed by atoms with Crippen molar-refractivity contribution in [2.24, 2.45) is 0 Å². The maximum atomic E-state index is 11.4. The van der Waals surface area contributed by atoms with Gasteiger partial charge in [0.25, 0.3) is 0 Å². The summed E-state index contributed by atoms with van der Waals surface area (Å²) in [5.41, 5.74) is 3.32. The van der Waals surface area contributed by atoms with E-state index in [0.717, 1.165) is 11.3 Å². The van der Waals surface area contributed by atoms with Crippen molar-refractivity contribution in [2.45, 2.75) is 12.5 Å². The normalized spacial score (nSPS) is 20.7. The topological polar surface area (TPSA) is 46.2 Å². The van der Waals surface area contributed by atoms with Gasteiger partial charge in [0.05, 0.1) is 11.5 Å². The van der Waals surface area contributed by atoms with Crippen LogP contribution >= 0.6 is 0 Å². The molecule has 1 unspecified atom stereocenters. The first-order valence-electron chi connectivity index (χ1n) is 6.75. The van der Waals surface area contributed by atoms with E-state index >= 15 is 0 Å². The Labute approximate surface area is 119 Å². The molecule has 1 heterocycles. The number of rotatable bonds is 3. The minimum absolute atomic E-state index is 0.0441. The van der Waals surface area contributed by atoms with Gasteiger partial charge >= 0.3 is 0 Å². The third-order valence-electron chi connectivity index (χ3n) is 3.60. The van der Waals surface area contributed by atoms with Crippen molar-refractivity contribution < 1.29 is 8.42 Å². The number of benzene rings is 2. The Hall–Kier alpha value is -1.81. The molecule has 0 radical (unpaired) electrons. The van der Waals surface area contributed by atoms with Gasteiger partial charge in [0.1, 0.15) is 0 Å². The van der Waals surface area contributed by atoms with E-state index in [0.29, 0.717) is 12.2 Å². The van der Waals surface area contributed by atoms with E-state index in [2.05, 4.69) is 29.6 Å². The SMILES string of the molecule is O=S1(=O)CCC(Nc2ccc(-c3ccccc3)cc2)C1. The Morgan fingerprint density at radius 3 is 2.15 bits per heavy atom. The molecule has 2 aromatic carbocycles. The van der Waals surface area contributed by atoms with Crippen molar-refractivity contribution >= 4 is 15.5 Å². The summed E-state index contributed by atoms with van der Waals surface area (Å²) in [6, 6.07) is 18.4. The van der Waals surface area contributed by atoms with Gasteiger partial charge in [-0.1, -0.05) is 42.5 Å². The molecule has 2 aromatic rings. The van der Waals surface area contributed by atoms with E-state index in [-0.39, 0.29) is 11.8 Å². The summed E-state index contributed by atoms with van der Waals surface area (Å²) in [7, 11) is -2.83. The van der Waals surface area contributed by atoms with Crippen LogP contribution in [-0.2, 0) is 9.84 Å². The molecule has 0 saturated carbocycles. The van der Waals surface area contributed by atoms with E-state index in [1.54, 1.807) is 0 Å². The highest BCUT2D eigenvalue weighted by molar-refractivity contribution is 7.91. The van der Waals surface area contributed by atoms with Gasteiger partial charge in [-0.2, -0.15) is 0 Å². The molecule has 0 bridgehead atoms. The van der Waals surface area contributed by atoms with Gasteiger partial charge in [-0.05, 0) is 29.7 Å². The average Bonchev–Trinajstić information content (AvgIpc) is 2.80. The fraction of sp³-hybridized carbons (Fsp3) is 0.250. The van der Waals surface area contributed by atoms with Crippen LogP contribution in [0.1, 0.15) is 6.42 Å². The lowest BCUT2D eigenvalue weighted by atomic mass is 10.1. The molecule has 20 heavy (non-hydrogen) atoms. The first-order chi connectivity index (χ1) is 9.62. The lowest BCUT2D eigenvalue weighted by Gasteiger charge is -2.12. The van der Waals surface area contributed by atoms with E-state index in [1.165, 1.54) is 5.56 Å². The highest BCUT2D eigenvalue weighted by Gasteiger charge is 2.27. The Morgan fingerprint density at radius 2 is 1.55 bits per heavy atom. The molecule has 1 atom stereocenters. The summed E-state index contributed by atoms with van der Waals surface area (Å²) in [6.07, 6.45) is 0.697. The van der Waals surface area contributed by atoms with Crippen LogP contribution < -0.4 is 5.32 Å². The predicted octanol–water partition coefficient (Wildman–Crippen LogP) is 2.95. The largest absolute Gasteiger partial charge is 0.381 e. The molecule has 1 saturated heterocycles. The maximum absolute atomic E-state index is 11.4. The minimum atomic E-state index is -2.83. The highest BCUT2D eigenvalue weighted by atomic mass is 32.2. The van der Waals surface area contributed by atoms with Gasteiger partial charge in [-0.25, -0.2) is 8.42 Å². The number of hydrogen-bond donors (Lipinski definition) is 1. The Balaban J connectivity index is 1.71. The van der Waals surface area contributed by atoms with Crippen molar-refractivity contribution in [3.63, 3.8) is 0 Å². The minimum Gasteiger partial charge on any atom is -0.381 e. The second kappa shape index (κ2) is 5.29. The van der Waals surface area contributed by atoms with Gasteiger partial charge in [-0.3, -0.25) is 0 Å². The van der Waals surface area contributed by atoms with Gasteiger partial charge in [-0.15, -0.1) is 0 Å². The molecule has 1 N–H and O–H groups in total. The quantitative estimate of drug-likeness (QED) is 0.944. The molecule has 0 aromatic heterocycles. The maximum Gasteiger partial charge on any atom is 0.152 e. The Bertz CT molecular complexity index is 678. The molecule has 4 heteroatoms. The first-order valence-corrected chi connectivity index (χ1v) is 8.57. The van der Waals surface area contributed by atoms with Crippen LogP contribution in [0.5, 0.6) is 0 Å². The van der Waals surface area contributed by atoms with Crippen LogP contribution in [0.4, 0.5) is 5.69 Å². The number of anilines is 1. The van der Waals surface area contributed by atoms with Gasteiger partial charge in [0, 0.05) is 11.7 Å². The van der Waals surface area contributed by atoms with Crippen LogP contribution in [0.2, 0.25) is 0 Å². The summed E-state index contributed by atoms with van der Waals surface area (Å²) in [4.78, 5) is 0. The molecule has 0 amide bonds. The third kappa shape index (κ3) is 3.02. The van der Waals surface area contributed by atoms with Crippen molar-refractivity contribution in [3.05, 3.63) is 54.6 Å². The highest BCUT2D eigenvalue weighted by Crippen LogP contribution is 2.23. The Morgan fingerprint density at radius 1 is 0.900 bits per heavy atom.